The number of likely N-dealkylation sites (tertiary alicyclic amines) is 2. The molecule has 2 N–H and O–H groups in total. The van der Waals surface area contributed by atoms with E-state index in [9.17, 15) is 14.4 Å². The van der Waals surface area contributed by atoms with E-state index in [2.05, 4.69) is 23.3 Å². The Morgan fingerprint density at radius 1 is 0.973 bits per heavy atom. The summed E-state index contributed by atoms with van der Waals surface area (Å²) in [6, 6.07) is 8.33. The van der Waals surface area contributed by atoms with E-state index < -0.39 is 6.09 Å². The molecule has 0 saturated carbocycles. The summed E-state index contributed by atoms with van der Waals surface area (Å²) in [6.45, 7) is 7.49. The largest absolute Gasteiger partial charge is 0.439 e. The number of hydrogen-bond acceptors (Lipinski definition) is 5. The average molecular weight is 514 g/mol. The molecule has 4 heterocycles. The molecule has 202 valence electrons. The van der Waals surface area contributed by atoms with Gasteiger partial charge in [0.05, 0.1) is 20.1 Å². The zero-order valence-electron chi connectivity index (χ0n) is 22.0. The molecular weight excluding hydrogens is 472 g/mol. The number of amides is 4. The van der Waals surface area contributed by atoms with Gasteiger partial charge in [-0.3, -0.25) is 9.69 Å². The Balaban J connectivity index is 1.04. The van der Waals surface area contributed by atoms with Gasteiger partial charge in [0.1, 0.15) is 0 Å². The van der Waals surface area contributed by atoms with E-state index in [1.54, 1.807) is 9.80 Å². The van der Waals surface area contributed by atoms with Gasteiger partial charge >= 0.3 is 12.1 Å². The van der Waals surface area contributed by atoms with Crippen LogP contribution in [0.4, 0.5) is 15.3 Å². The van der Waals surface area contributed by atoms with Crippen LogP contribution < -0.4 is 10.2 Å². The van der Waals surface area contributed by atoms with E-state index in [1.165, 1.54) is 13.0 Å². The van der Waals surface area contributed by atoms with Gasteiger partial charge < -0.3 is 29.7 Å². The lowest BCUT2D eigenvalue weighted by atomic mass is 10.0. The number of para-hydroxylation sites is 1. The second-order valence-electron chi connectivity index (χ2n) is 10.9. The van der Waals surface area contributed by atoms with Crippen LogP contribution in [0.1, 0.15) is 31.2 Å². The minimum absolute atomic E-state index is 0.0751. The van der Waals surface area contributed by atoms with Crippen LogP contribution in [-0.2, 0) is 16.0 Å². The summed E-state index contributed by atoms with van der Waals surface area (Å²) >= 11 is 0. The Morgan fingerprint density at radius 3 is 2.57 bits per heavy atom. The van der Waals surface area contributed by atoms with Crippen LogP contribution >= 0.6 is 0 Å². The normalized spacial score (nSPS) is 25.8. The number of urea groups is 1. The Bertz CT molecular complexity index is 981. The van der Waals surface area contributed by atoms with Gasteiger partial charge in [-0.1, -0.05) is 18.2 Å². The molecule has 0 bridgehead atoms. The summed E-state index contributed by atoms with van der Waals surface area (Å²) in [5, 5.41) is 3.03. The minimum atomic E-state index is -0.436. The summed E-state index contributed by atoms with van der Waals surface area (Å²) < 4.78 is 5.42. The zero-order valence-corrected chi connectivity index (χ0v) is 22.0. The molecule has 1 aromatic rings. The number of hydrogen-bond donors (Lipinski definition) is 2. The monoisotopic (exact) mass is 513 g/mol. The quantitative estimate of drug-likeness (QED) is 0.612. The molecule has 0 aliphatic carbocycles. The van der Waals surface area contributed by atoms with Crippen LogP contribution in [0, 0.1) is 0 Å². The summed E-state index contributed by atoms with van der Waals surface area (Å²) in [6.07, 6.45) is 3.96. The molecule has 0 radical (unpaired) electrons. The first-order chi connectivity index (χ1) is 18.0. The lowest BCUT2D eigenvalue weighted by Gasteiger charge is -2.37. The number of benzene rings is 1. The summed E-state index contributed by atoms with van der Waals surface area (Å²) in [7, 11) is 2.25. The molecule has 0 aromatic heterocycles. The number of ether oxygens (including phenoxy) is 1. The zero-order chi connectivity index (χ0) is 25.8. The van der Waals surface area contributed by atoms with E-state index in [1.807, 2.05) is 28.0 Å². The van der Waals surface area contributed by atoms with Crippen LogP contribution in [0.2, 0.25) is 0 Å². The Labute approximate surface area is 219 Å². The van der Waals surface area contributed by atoms with Gasteiger partial charge in [0, 0.05) is 70.0 Å². The van der Waals surface area contributed by atoms with Gasteiger partial charge in [0.15, 0.2) is 6.61 Å². The third-order valence-electron chi connectivity index (χ3n) is 8.53. The number of carbonyl (C=O) groups is 3. The molecule has 4 aliphatic rings. The number of nitrogens with zero attached hydrogens (tertiary/aromatic N) is 4. The predicted octanol–water partition coefficient (Wildman–Crippen LogP) is 0.499. The van der Waals surface area contributed by atoms with Crippen LogP contribution in [0.25, 0.3) is 0 Å². The molecule has 10 nitrogen and oxygen atoms in total. The summed E-state index contributed by atoms with van der Waals surface area (Å²) in [5.74, 6) is -0.107. The Kier molecular flexibility index (Phi) is 8.14. The third-order valence-corrected chi connectivity index (χ3v) is 8.53. The highest BCUT2D eigenvalue weighted by atomic mass is 16.6. The lowest BCUT2D eigenvalue weighted by molar-refractivity contribution is -0.877. The molecule has 4 amide bonds. The SMILES string of the molecule is C[NH+]1CCCN(C2CCN(C(=O)COC(=O)N3CCC(N4CCc5ccccc5NC4=O)CC3)C2)CC1. The molecular formula is C27H41N6O4+. The smallest absolute Gasteiger partial charge is 0.410 e. The molecule has 0 spiro atoms. The Hall–Kier alpha value is -2.85. The van der Waals surface area contributed by atoms with Crippen LogP contribution in [0.15, 0.2) is 24.3 Å². The number of carbonyl (C=O) groups excluding carboxylic acids is 3. The molecule has 5 rings (SSSR count). The molecule has 10 heteroatoms. The van der Waals surface area contributed by atoms with Crippen molar-refractivity contribution < 1.29 is 24.0 Å². The molecule has 4 aliphatic heterocycles. The number of piperidine rings is 1. The second-order valence-corrected chi connectivity index (χ2v) is 10.9. The fourth-order valence-corrected chi connectivity index (χ4v) is 6.19. The second kappa shape index (κ2) is 11.7. The number of anilines is 1. The van der Waals surface area contributed by atoms with Gasteiger partial charge in [-0.25, -0.2) is 9.59 Å². The minimum Gasteiger partial charge on any atom is -0.439 e. The fraction of sp³-hybridized carbons (Fsp3) is 0.667. The average Bonchev–Trinajstić information content (AvgIpc) is 3.22. The fourth-order valence-electron chi connectivity index (χ4n) is 6.19. The highest BCUT2D eigenvalue weighted by Gasteiger charge is 2.34. The van der Waals surface area contributed by atoms with E-state index in [0.29, 0.717) is 38.5 Å². The maximum Gasteiger partial charge on any atom is 0.410 e. The standard InChI is InChI=1S/C27H40N6O4/c1-29-11-4-12-30(18-17-29)23-10-15-32(19-23)25(34)20-37-27(36)31-13-8-22(9-14-31)33-16-7-21-5-2-3-6-24(21)28-26(33)35/h2-3,5-6,22-23H,4,7-20H2,1H3,(H,28,35)/p+1. The maximum absolute atomic E-state index is 12.8. The van der Waals surface area contributed by atoms with Crippen molar-refractivity contribution in [3.8, 4) is 0 Å². The summed E-state index contributed by atoms with van der Waals surface area (Å²) in [4.78, 5) is 47.8. The van der Waals surface area contributed by atoms with Crippen LogP contribution in [0.5, 0.6) is 0 Å². The van der Waals surface area contributed by atoms with E-state index in [4.69, 9.17) is 4.74 Å². The molecule has 2 atom stereocenters. The number of quaternary nitrogens is 1. The van der Waals surface area contributed by atoms with Crippen molar-refractivity contribution in [2.45, 2.75) is 44.2 Å². The van der Waals surface area contributed by atoms with E-state index >= 15 is 0 Å². The Morgan fingerprint density at radius 2 is 1.73 bits per heavy atom. The lowest BCUT2D eigenvalue weighted by Crippen LogP contribution is -3.09. The number of nitrogens with one attached hydrogen (secondary N) is 2. The van der Waals surface area contributed by atoms with Gasteiger partial charge in [-0.2, -0.15) is 0 Å². The molecule has 2 unspecified atom stereocenters. The van der Waals surface area contributed by atoms with E-state index in [-0.39, 0.29) is 24.6 Å². The predicted molar refractivity (Wildman–Crippen MR) is 140 cm³/mol. The first-order valence-corrected chi connectivity index (χ1v) is 13.9. The van der Waals surface area contributed by atoms with Crippen molar-refractivity contribution in [2.24, 2.45) is 0 Å². The number of fused-ring (bicyclic) bond motifs is 1. The van der Waals surface area contributed by atoms with E-state index in [0.717, 1.165) is 56.8 Å². The number of likely N-dealkylation sites (N-methyl/N-ethyl adjacent to an activating group) is 1. The van der Waals surface area contributed by atoms with Gasteiger partial charge in [-0.15, -0.1) is 0 Å². The molecule has 1 aromatic carbocycles. The van der Waals surface area contributed by atoms with Crippen molar-refractivity contribution in [3.63, 3.8) is 0 Å². The molecule has 3 fully saturated rings. The van der Waals surface area contributed by atoms with Gasteiger partial charge in [-0.05, 0) is 37.3 Å². The first-order valence-electron chi connectivity index (χ1n) is 13.9. The number of rotatable bonds is 4. The topological polar surface area (TPSA) is 89.9 Å². The van der Waals surface area contributed by atoms with Gasteiger partial charge in [0.2, 0.25) is 0 Å². The summed E-state index contributed by atoms with van der Waals surface area (Å²) in [5.41, 5.74) is 2.03. The highest BCUT2D eigenvalue weighted by molar-refractivity contribution is 5.91. The maximum atomic E-state index is 12.8. The molecule has 3 saturated heterocycles. The first kappa shape index (κ1) is 25.8. The van der Waals surface area contributed by atoms with Crippen LogP contribution in [-0.4, -0.2) is 122 Å². The highest BCUT2D eigenvalue weighted by Crippen LogP contribution is 2.25. The van der Waals surface area contributed by atoms with Crippen molar-refractivity contribution in [2.75, 3.05) is 77.9 Å². The van der Waals surface area contributed by atoms with Crippen molar-refractivity contribution in [3.05, 3.63) is 29.8 Å². The third kappa shape index (κ3) is 6.18. The van der Waals surface area contributed by atoms with Crippen LogP contribution in [0.3, 0.4) is 0 Å². The van der Waals surface area contributed by atoms with Crippen molar-refractivity contribution in [1.29, 1.82) is 0 Å². The van der Waals surface area contributed by atoms with Gasteiger partial charge in [0.25, 0.3) is 5.91 Å². The van der Waals surface area contributed by atoms with Crippen molar-refractivity contribution in [1.82, 2.24) is 19.6 Å². The molecule has 37 heavy (non-hydrogen) atoms. The van der Waals surface area contributed by atoms with Crippen molar-refractivity contribution >= 4 is 23.7 Å².